The Hall–Kier alpha value is -1.73. The van der Waals surface area contributed by atoms with E-state index in [2.05, 4.69) is 15.9 Å². The number of hydrogen-bond donors (Lipinski definition) is 1. The lowest BCUT2D eigenvalue weighted by Gasteiger charge is -2.27. The maximum atomic E-state index is 13.6. The van der Waals surface area contributed by atoms with E-state index in [-0.39, 0.29) is 13.2 Å². The van der Waals surface area contributed by atoms with E-state index in [4.69, 9.17) is 0 Å². The highest BCUT2D eigenvalue weighted by molar-refractivity contribution is 9.11. The molecule has 0 unspecified atom stereocenters. The molecule has 4 nitrogen and oxygen atoms in total. The van der Waals surface area contributed by atoms with Crippen molar-refractivity contribution < 1.29 is 13.5 Å². The van der Waals surface area contributed by atoms with Gasteiger partial charge in [-0.2, -0.15) is 4.31 Å². The van der Waals surface area contributed by atoms with Crippen LogP contribution < -0.4 is 0 Å². The second-order valence-electron chi connectivity index (χ2n) is 7.13. The monoisotopic (exact) mass is 477 g/mol. The molecule has 0 aliphatic rings. The normalized spacial score (nSPS) is 14.0. The van der Waals surface area contributed by atoms with Crippen molar-refractivity contribution in [3.8, 4) is 0 Å². The number of rotatable bonds is 8. The van der Waals surface area contributed by atoms with E-state index in [9.17, 15) is 13.5 Å². The second kappa shape index (κ2) is 10.3. The van der Waals surface area contributed by atoms with Gasteiger partial charge in [0.15, 0.2) is 0 Å². The Morgan fingerprint density at radius 2 is 1.72 bits per heavy atom. The van der Waals surface area contributed by atoms with Crippen LogP contribution in [-0.2, 0) is 10.0 Å². The van der Waals surface area contributed by atoms with Gasteiger partial charge >= 0.3 is 0 Å². The highest BCUT2D eigenvalue weighted by atomic mass is 79.9. The largest absolute Gasteiger partial charge is 0.391 e. The molecule has 29 heavy (non-hydrogen) atoms. The third-order valence-corrected chi connectivity index (χ3v) is 7.37. The maximum Gasteiger partial charge on any atom is 0.244 e. The fourth-order valence-electron chi connectivity index (χ4n) is 3.43. The van der Waals surface area contributed by atoms with Gasteiger partial charge in [-0.1, -0.05) is 82.2 Å². The molecular weight excluding hydrogens is 450 g/mol. The first-order chi connectivity index (χ1) is 13.7. The van der Waals surface area contributed by atoms with Crippen LogP contribution in [0.2, 0.25) is 0 Å². The first-order valence-corrected chi connectivity index (χ1v) is 11.7. The Morgan fingerprint density at radius 1 is 1.14 bits per heavy atom. The Kier molecular flexibility index (Phi) is 8.40. The predicted molar refractivity (Wildman–Crippen MR) is 124 cm³/mol. The van der Waals surface area contributed by atoms with E-state index in [0.717, 1.165) is 22.3 Å². The summed E-state index contributed by atoms with van der Waals surface area (Å²) in [6.45, 7) is 7.46. The summed E-state index contributed by atoms with van der Waals surface area (Å²) >= 11 is 3.28. The zero-order valence-corrected chi connectivity index (χ0v) is 19.7. The van der Waals surface area contributed by atoms with Crippen molar-refractivity contribution in [2.45, 2.75) is 38.6 Å². The molecule has 0 amide bonds. The van der Waals surface area contributed by atoms with E-state index in [1.165, 1.54) is 4.31 Å². The predicted octanol–water partition coefficient (Wildman–Crippen LogP) is 4.98. The van der Waals surface area contributed by atoms with Crippen molar-refractivity contribution in [2.75, 3.05) is 13.2 Å². The van der Waals surface area contributed by atoms with Crippen molar-refractivity contribution >= 4 is 32.0 Å². The van der Waals surface area contributed by atoms with E-state index in [1.54, 1.807) is 6.08 Å². The van der Waals surface area contributed by atoms with Crippen LogP contribution in [0.4, 0.5) is 0 Å². The van der Waals surface area contributed by atoms with Crippen LogP contribution in [0.1, 0.15) is 29.2 Å². The Balaban J connectivity index is 2.47. The highest BCUT2D eigenvalue weighted by Gasteiger charge is 2.30. The van der Waals surface area contributed by atoms with E-state index in [1.807, 2.05) is 82.3 Å². The third kappa shape index (κ3) is 6.12. The minimum absolute atomic E-state index is 0.180. The summed E-state index contributed by atoms with van der Waals surface area (Å²) in [5.41, 5.74) is 3.51. The molecule has 156 valence electrons. The average Bonchev–Trinajstić information content (AvgIpc) is 2.64. The molecule has 2 rings (SSSR count). The Labute approximate surface area is 182 Å². The molecule has 2 aromatic rings. The third-order valence-electron chi connectivity index (χ3n) is 4.59. The molecule has 0 bridgehead atoms. The number of aliphatic hydroxyl groups excluding tert-OH is 1. The van der Waals surface area contributed by atoms with Crippen LogP contribution in [0.5, 0.6) is 0 Å². The van der Waals surface area contributed by atoms with Gasteiger partial charge in [-0.15, -0.1) is 0 Å². The first-order valence-electron chi connectivity index (χ1n) is 9.45. The fourth-order valence-corrected chi connectivity index (χ4v) is 5.76. The lowest BCUT2D eigenvalue weighted by atomic mass is 10.1. The van der Waals surface area contributed by atoms with E-state index >= 15 is 0 Å². The number of halogens is 1. The SMILES string of the molecule is Cc1cc(C)c(S(=O)(=O)N(C/C=C/c2ccccc2)[C@@H](C)/C=C(\Br)CO)c(C)c1. The number of hydrogen-bond acceptors (Lipinski definition) is 3. The molecular formula is C23H28BrNO3S. The number of aliphatic hydroxyl groups is 1. The van der Waals surface area contributed by atoms with Gasteiger partial charge in [0.25, 0.3) is 0 Å². The highest BCUT2D eigenvalue weighted by Crippen LogP contribution is 2.27. The summed E-state index contributed by atoms with van der Waals surface area (Å²) in [5, 5.41) is 9.33. The van der Waals surface area contributed by atoms with Crippen LogP contribution in [0.3, 0.4) is 0 Å². The summed E-state index contributed by atoms with van der Waals surface area (Å²) < 4.78 is 29.3. The summed E-state index contributed by atoms with van der Waals surface area (Å²) in [5.74, 6) is 0. The van der Waals surface area contributed by atoms with Gasteiger partial charge in [0.1, 0.15) is 0 Å². The quantitative estimate of drug-likeness (QED) is 0.583. The van der Waals surface area contributed by atoms with Crippen LogP contribution in [0, 0.1) is 20.8 Å². The summed E-state index contributed by atoms with van der Waals surface area (Å²) in [4.78, 5) is 0.344. The van der Waals surface area contributed by atoms with Crippen molar-refractivity contribution in [3.05, 3.63) is 81.4 Å². The molecule has 0 radical (unpaired) electrons. The molecule has 1 N–H and O–H groups in total. The summed E-state index contributed by atoms with van der Waals surface area (Å²) in [7, 11) is -3.75. The molecule has 6 heteroatoms. The van der Waals surface area contributed by atoms with Gasteiger partial charge in [0, 0.05) is 17.1 Å². The van der Waals surface area contributed by atoms with Crippen LogP contribution in [0.15, 0.2) is 64.0 Å². The van der Waals surface area contributed by atoms with E-state index in [0.29, 0.717) is 9.38 Å². The first kappa shape index (κ1) is 23.5. The van der Waals surface area contributed by atoms with E-state index < -0.39 is 16.1 Å². The molecule has 0 heterocycles. The van der Waals surface area contributed by atoms with Gasteiger partial charge in [-0.05, 0) is 44.4 Å². The molecule has 0 saturated heterocycles. The van der Waals surface area contributed by atoms with Gasteiger partial charge in [-0.3, -0.25) is 0 Å². The lowest BCUT2D eigenvalue weighted by Crippen LogP contribution is -2.38. The van der Waals surface area contributed by atoms with Gasteiger partial charge in [0.05, 0.1) is 11.5 Å². The smallest absolute Gasteiger partial charge is 0.244 e. The Bertz CT molecular complexity index is 975. The molecule has 2 aromatic carbocycles. The second-order valence-corrected chi connectivity index (χ2v) is 9.97. The molecule has 0 aromatic heterocycles. The molecule has 0 fully saturated rings. The van der Waals surface area contributed by atoms with Crippen molar-refractivity contribution in [1.82, 2.24) is 4.31 Å². The number of benzene rings is 2. The molecule has 0 aliphatic carbocycles. The molecule has 0 aliphatic heterocycles. The fraction of sp³-hybridized carbons (Fsp3) is 0.304. The van der Waals surface area contributed by atoms with Crippen molar-refractivity contribution in [3.63, 3.8) is 0 Å². The topological polar surface area (TPSA) is 57.6 Å². The number of aryl methyl sites for hydroxylation is 3. The maximum absolute atomic E-state index is 13.6. The minimum Gasteiger partial charge on any atom is -0.391 e. The van der Waals surface area contributed by atoms with Gasteiger partial charge < -0.3 is 5.11 Å². The van der Waals surface area contributed by atoms with Crippen molar-refractivity contribution in [2.24, 2.45) is 0 Å². The lowest BCUT2D eigenvalue weighted by molar-refractivity contribution is 0.337. The minimum atomic E-state index is -3.75. The number of sulfonamides is 1. The zero-order valence-electron chi connectivity index (χ0n) is 17.3. The number of nitrogens with zero attached hydrogens (tertiary/aromatic N) is 1. The van der Waals surface area contributed by atoms with Crippen LogP contribution in [-0.4, -0.2) is 37.0 Å². The standard InChI is InChI=1S/C23H28BrNO3S/c1-17-13-18(2)23(19(3)14-17)29(27,28)25(20(4)15-22(24)16-26)12-8-11-21-9-6-5-7-10-21/h5-11,13-15,20,26H,12,16H2,1-4H3/b11-8+,22-15-/t20-/m0/s1. The van der Waals surface area contributed by atoms with Crippen LogP contribution >= 0.6 is 15.9 Å². The summed E-state index contributed by atoms with van der Waals surface area (Å²) in [6, 6.07) is 13.1. The average molecular weight is 478 g/mol. The Morgan fingerprint density at radius 3 is 2.28 bits per heavy atom. The van der Waals surface area contributed by atoms with Crippen LogP contribution in [0.25, 0.3) is 6.08 Å². The summed E-state index contributed by atoms with van der Waals surface area (Å²) in [6.07, 6.45) is 5.48. The van der Waals surface area contributed by atoms with Gasteiger partial charge in [0.2, 0.25) is 10.0 Å². The molecule has 1 atom stereocenters. The van der Waals surface area contributed by atoms with Crippen molar-refractivity contribution in [1.29, 1.82) is 0 Å². The molecule has 0 spiro atoms. The zero-order chi connectivity index (χ0) is 21.6. The molecule has 0 saturated carbocycles. The van der Waals surface area contributed by atoms with Gasteiger partial charge in [-0.25, -0.2) is 8.42 Å².